The standard InChI is InChI=1S/C20H19F2N3O5/c1-10-9-30-15-8-24-7-13(17(26)18(29-2)16(24)20(28)25(10)15)19(27)23-6-11-3-4-12(21)5-14(11)22/h3-5,7,10,15H,6,8-9H2,1-2H3,(H,23,27). The first-order chi connectivity index (χ1) is 14.3. The number of carbonyl (C=O) groups excluding carboxylic acids is 2. The summed E-state index contributed by atoms with van der Waals surface area (Å²) in [4.78, 5) is 39.9. The van der Waals surface area contributed by atoms with Crippen LogP contribution < -0.4 is 15.5 Å². The van der Waals surface area contributed by atoms with Crippen LogP contribution in [0.3, 0.4) is 0 Å². The second kappa shape index (κ2) is 7.52. The predicted octanol–water partition coefficient (Wildman–Crippen LogP) is 1.27. The minimum Gasteiger partial charge on any atom is -0.491 e. The van der Waals surface area contributed by atoms with E-state index in [9.17, 15) is 23.2 Å². The minimum absolute atomic E-state index is 0.0530. The fourth-order valence-corrected chi connectivity index (χ4v) is 3.75. The number of ether oxygens (including phenoxy) is 2. The first kappa shape index (κ1) is 20.0. The molecule has 1 N–H and O–H groups in total. The molecule has 2 amide bonds. The Morgan fingerprint density at radius 3 is 2.80 bits per heavy atom. The van der Waals surface area contributed by atoms with Crippen LogP contribution in [0.4, 0.5) is 8.78 Å². The molecule has 2 aliphatic rings. The van der Waals surface area contributed by atoms with Crippen molar-refractivity contribution in [2.45, 2.75) is 32.3 Å². The molecule has 0 aliphatic carbocycles. The van der Waals surface area contributed by atoms with E-state index in [-0.39, 0.29) is 41.7 Å². The number of amides is 2. The number of fused-ring (bicyclic) bond motifs is 2. The molecular formula is C20H19F2N3O5. The molecule has 30 heavy (non-hydrogen) atoms. The molecule has 1 saturated heterocycles. The number of hydrogen-bond acceptors (Lipinski definition) is 5. The Morgan fingerprint density at radius 1 is 1.33 bits per heavy atom. The van der Waals surface area contributed by atoms with Gasteiger partial charge in [-0.25, -0.2) is 8.78 Å². The summed E-state index contributed by atoms with van der Waals surface area (Å²) in [5, 5.41) is 2.44. The van der Waals surface area contributed by atoms with Crippen molar-refractivity contribution in [1.82, 2.24) is 14.8 Å². The summed E-state index contributed by atoms with van der Waals surface area (Å²) in [6, 6.07) is 2.83. The summed E-state index contributed by atoms with van der Waals surface area (Å²) in [6.07, 6.45) is 0.773. The van der Waals surface area contributed by atoms with Gasteiger partial charge in [-0.05, 0) is 13.0 Å². The van der Waals surface area contributed by atoms with Gasteiger partial charge in [0.25, 0.3) is 11.8 Å². The highest BCUT2D eigenvalue weighted by Crippen LogP contribution is 2.29. The van der Waals surface area contributed by atoms with E-state index in [1.54, 1.807) is 4.90 Å². The summed E-state index contributed by atoms with van der Waals surface area (Å²) >= 11 is 0. The van der Waals surface area contributed by atoms with Gasteiger partial charge in [-0.1, -0.05) is 6.07 Å². The molecule has 2 aromatic rings. The zero-order valence-corrected chi connectivity index (χ0v) is 16.3. The van der Waals surface area contributed by atoms with Crippen molar-refractivity contribution in [3.63, 3.8) is 0 Å². The third-order valence-electron chi connectivity index (χ3n) is 5.25. The molecule has 0 spiro atoms. The first-order valence-corrected chi connectivity index (χ1v) is 9.29. The van der Waals surface area contributed by atoms with Gasteiger partial charge >= 0.3 is 0 Å². The lowest BCUT2D eigenvalue weighted by Gasteiger charge is -2.34. The Balaban J connectivity index is 1.66. The van der Waals surface area contributed by atoms with Crippen molar-refractivity contribution in [2.75, 3.05) is 13.7 Å². The van der Waals surface area contributed by atoms with Gasteiger partial charge in [0, 0.05) is 24.4 Å². The zero-order chi connectivity index (χ0) is 21.6. The number of methoxy groups -OCH3 is 1. The van der Waals surface area contributed by atoms with Crippen LogP contribution in [0.2, 0.25) is 0 Å². The van der Waals surface area contributed by atoms with Crippen molar-refractivity contribution >= 4 is 11.8 Å². The molecule has 1 aromatic carbocycles. The van der Waals surface area contributed by atoms with E-state index in [0.29, 0.717) is 12.7 Å². The van der Waals surface area contributed by atoms with Crippen molar-refractivity contribution < 1.29 is 27.8 Å². The quantitative estimate of drug-likeness (QED) is 0.806. The molecule has 0 saturated carbocycles. The summed E-state index contributed by atoms with van der Waals surface area (Å²) in [6.45, 7) is 2.20. The Labute approximate surface area is 170 Å². The van der Waals surface area contributed by atoms with Crippen LogP contribution in [0, 0.1) is 11.6 Å². The van der Waals surface area contributed by atoms with Gasteiger partial charge in [0.15, 0.2) is 17.7 Å². The van der Waals surface area contributed by atoms with E-state index < -0.39 is 35.1 Å². The maximum atomic E-state index is 13.8. The predicted molar refractivity (Wildman–Crippen MR) is 100 cm³/mol. The van der Waals surface area contributed by atoms with Crippen molar-refractivity contribution in [1.29, 1.82) is 0 Å². The molecule has 4 rings (SSSR count). The fraction of sp³-hybridized carbons (Fsp3) is 0.350. The SMILES string of the molecule is COc1c2n(cc(C(=O)NCc3ccc(F)cc3F)c1=O)CC1OCC(C)N1C2=O. The first-order valence-electron chi connectivity index (χ1n) is 9.29. The second-order valence-electron chi connectivity index (χ2n) is 7.17. The maximum Gasteiger partial charge on any atom is 0.276 e. The number of pyridine rings is 1. The van der Waals surface area contributed by atoms with Gasteiger partial charge in [-0.2, -0.15) is 0 Å². The lowest BCUT2D eigenvalue weighted by Crippen LogP contribution is -2.49. The van der Waals surface area contributed by atoms with Gasteiger partial charge in [0.05, 0.1) is 26.3 Å². The molecule has 8 nitrogen and oxygen atoms in total. The van der Waals surface area contributed by atoms with E-state index in [2.05, 4.69) is 5.32 Å². The molecule has 0 bridgehead atoms. The van der Waals surface area contributed by atoms with E-state index in [1.807, 2.05) is 6.92 Å². The van der Waals surface area contributed by atoms with E-state index in [0.717, 1.165) is 6.07 Å². The van der Waals surface area contributed by atoms with Crippen LogP contribution in [0.5, 0.6) is 5.75 Å². The summed E-state index contributed by atoms with van der Waals surface area (Å²) < 4.78 is 39.1. The van der Waals surface area contributed by atoms with Crippen LogP contribution in [-0.4, -0.2) is 47.3 Å². The molecule has 10 heteroatoms. The highest BCUT2D eigenvalue weighted by molar-refractivity contribution is 5.99. The Morgan fingerprint density at radius 2 is 2.10 bits per heavy atom. The molecule has 1 fully saturated rings. The second-order valence-corrected chi connectivity index (χ2v) is 7.17. The molecular weight excluding hydrogens is 400 g/mol. The minimum atomic E-state index is -0.812. The Bertz CT molecular complexity index is 1100. The highest BCUT2D eigenvalue weighted by atomic mass is 19.1. The summed E-state index contributed by atoms with van der Waals surface area (Å²) in [5.41, 5.74) is -0.892. The van der Waals surface area contributed by atoms with Crippen LogP contribution >= 0.6 is 0 Å². The van der Waals surface area contributed by atoms with E-state index in [1.165, 1.54) is 23.9 Å². The lowest BCUT2D eigenvalue weighted by atomic mass is 10.1. The van der Waals surface area contributed by atoms with Gasteiger partial charge in [0.1, 0.15) is 17.2 Å². The van der Waals surface area contributed by atoms with Crippen LogP contribution in [0.1, 0.15) is 33.3 Å². The van der Waals surface area contributed by atoms with Gasteiger partial charge in [0.2, 0.25) is 5.43 Å². The molecule has 3 heterocycles. The number of halogens is 2. The van der Waals surface area contributed by atoms with Crippen LogP contribution in [0.25, 0.3) is 0 Å². The molecule has 2 unspecified atom stereocenters. The topological polar surface area (TPSA) is 89.9 Å². The molecule has 158 valence electrons. The summed E-state index contributed by atoms with van der Waals surface area (Å²) in [5.74, 6) is -2.97. The zero-order valence-electron chi connectivity index (χ0n) is 16.3. The van der Waals surface area contributed by atoms with Crippen LogP contribution in [0.15, 0.2) is 29.2 Å². The lowest BCUT2D eigenvalue weighted by molar-refractivity contribution is 0.00621. The fourth-order valence-electron chi connectivity index (χ4n) is 3.75. The Kier molecular flexibility index (Phi) is 5.02. The number of hydrogen-bond donors (Lipinski definition) is 1. The van der Waals surface area contributed by atoms with Crippen LogP contribution in [-0.2, 0) is 17.8 Å². The van der Waals surface area contributed by atoms with E-state index in [4.69, 9.17) is 9.47 Å². The third kappa shape index (κ3) is 3.22. The maximum absolute atomic E-state index is 13.8. The smallest absolute Gasteiger partial charge is 0.276 e. The average Bonchev–Trinajstić information content (AvgIpc) is 3.08. The number of nitrogens with zero attached hydrogens (tertiary/aromatic N) is 2. The van der Waals surface area contributed by atoms with Gasteiger partial charge in [-0.15, -0.1) is 0 Å². The largest absolute Gasteiger partial charge is 0.491 e. The monoisotopic (exact) mass is 419 g/mol. The molecule has 1 aromatic heterocycles. The number of benzene rings is 1. The number of aromatic nitrogens is 1. The van der Waals surface area contributed by atoms with Gasteiger partial charge in [-0.3, -0.25) is 14.4 Å². The average molecular weight is 419 g/mol. The van der Waals surface area contributed by atoms with Crippen molar-refractivity contribution in [3.8, 4) is 5.75 Å². The summed E-state index contributed by atoms with van der Waals surface area (Å²) in [7, 11) is 1.25. The Hall–Kier alpha value is -3.27. The normalized spacial score (nSPS) is 20.0. The van der Waals surface area contributed by atoms with Crippen molar-refractivity contribution in [3.05, 3.63) is 63.1 Å². The van der Waals surface area contributed by atoms with Crippen molar-refractivity contribution in [2.24, 2.45) is 0 Å². The number of rotatable bonds is 4. The van der Waals surface area contributed by atoms with E-state index >= 15 is 0 Å². The van der Waals surface area contributed by atoms with Gasteiger partial charge < -0.3 is 24.3 Å². The third-order valence-corrected chi connectivity index (χ3v) is 5.25. The molecule has 0 radical (unpaired) electrons. The number of nitrogens with one attached hydrogen (secondary N) is 1. The molecule has 2 atom stereocenters. The molecule has 2 aliphatic heterocycles. The number of carbonyl (C=O) groups is 2. The highest BCUT2D eigenvalue weighted by Gasteiger charge is 2.43.